The molecule has 0 aromatic heterocycles. The molecule has 1 fully saturated rings. The van der Waals surface area contributed by atoms with E-state index in [9.17, 15) is 14.6 Å². The van der Waals surface area contributed by atoms with Crippen molar-refractivity contribution in [2.24, 2.45) is 17.8 Å². The van der Waals surface area contributed by atoms with Gasteiger partial charge in [-0.2, -0.15) is 0 Å². The Kier molecular flexibility index (Phi) is 11.3. The van der Waals surface area contributed by atoms with Gasteiger partial charge in [0.2, 0.25) is 0 Å². The third-order valence-corrected chi connectivity index (χ3v) is 5.58. The van der Waals surface area contributed by atoms with Crippen LogP contribution >= 0.6 is 0 Å². The molecule has 4 heteroatoms. The minimum absolute atomic E-state index is 0.103. The molecular formula is C22H39FO3. The van der Waals surface area contributed by atoms with Crippen molar-refractivity contribution < 1.29 is 19.7 Å². The Morgan fingerprint density at radius 3 is 2.46 bits per heavy atom. The lowest BCUT2D eigenvalue weighted by atomic mass is 9.87. The van der Waals surface area contributed by atoms with Gasteiger partial charge in [0, 0.05) is 18.9 Å². The average Bonchev–Trinajstić information content (AvgIpc) is 2.86. The summed E-state index contributed by atoms with van der Waals surface area (Å²) in [7, 11) is 0. The van der Waals surface area contributed by atoms with E-state index < -0.39 is 18.4 Å². The van der Waals surface area contributed by atoms with Crippen LogP contribution in [0.2, 0.25) is 0 Å². The van der Waals surface area contributed by atoms with Crippen LogP contribution in [0.25, 0.3) is 0 Å². The van der Waals surface area contributed by atoms with Crippen molar-refractivity contribution >= 4 is 0 Å². The topological polar surface area (TPSA) is 60.7 Å². The van der Waals surface area contributed by atoms with Crippen molar-refractivity contribution in [1.29, 1.82) is 0 Å². The number of aliphatic hydroxyl groups is 3. The molecule has 0 aromatic rings. The first-order chi connectivity index (χ1) is 12.4. The maximum absolute atomic E-state index is 14.3. The highest BCUT2D eigenvalue weighted by Gasteiger charge is 2.40. The summed E-state index contributed by atoms with van der Waals surface area (Å²) in [6, 6.07) is 0. The van der Waals surface area contributed by atoms with Gasteiger partial charge in [-0.1, -0.05) is 56.4 Å². The van der Waals surface area contributed by atoms with Crippen LogP contribution in [0.1, 0.15) is 72.1 Å². The molecule has 6 atom stereocenters. The third kappa shape index (κ3) is 8.32. The van der Waals surface area contributed by atoms with Crippen molar-refractivity contribution in [2.75, 3.05) is 6.61 Å². The fourth-order valence-corrected chi connectivity index (χ4v) is 3.75. The van der Waals surface area contributed by atoms with Crippen molar-refractivity contribution in [3.63, 3.8) is 0 Å². The second-order valence-electron chi connectivity index (χ2n) is 8.21. The van der Waals surface area contributed by atoms with Crippen LogP contribution in [0, 0.1) is 17.8 Å². The second-order valence-corrected chi connectivity index (χ2v) is 8.21. The van der Waals surface area contributed by atoms with Crippen molar-refractivity contribution in [2.45, 2.75) is 90.5 Å². The Balaban J connectivity index is 2.51. The molecule has 0 aromatic carbocycles. The number of unbranched alkanes of at least 4 members (excludes halogenated alkanes) is 4. The number of aliphatic hydroxyl groups excluding tert-OH is 3. The monoisotopic (exact) mass is 370 g/mol. The molecule has 0 spiro atoms. The van der Waals surface area contributed by atoms with E-state index in [1.807, 2.05) is 26.8 Å². The van der Waals surface area contributed by atoms with Crippen LogP contribution in [-0.2, 0) is 0 Å². The predicted molar refractivity (Wildman–Crippen MR) is 106 cm³/mol. The fraction of sp³-hybridized carbons (Fsp3) is 0.818. The smallest absolute Gasteiger partial charge is 0.106 e. The maximum atomic E-state index is 14.3. The number of alkyl halides is 1. The Hall–Kier alpha value is -0.710. The van der Waals surface area contributed by atoms with E-state index in [2.05, 4.69) is 6.08 Å². The molecule has 0 radical (unpaired) electrons. The zero-order valence-electron chi connectivity index (χ0n) is 16.8. The lowest BCUT2D eigenvalue weighted by Gasteiger charge is -2.21. The van der Waals surface area contributed by atoms with Crippen LogP contribution in [0.15, 0.2) is 23.8 Å². The van der Waals surface area contributed by atoms with Crippen LogP contribution in [0.4, 0.5) is 4.39 Å². The molecule has 26 heavy (non-hydrogen) atoms. The Morgan fingerprint density at radius 2 is 1.81 bits per heavy atom. The fourth-order valence-electron chi connectivity index (χ4n) is 3.75. The number of allylic oxidation sites excluding steroid dienone is 2. The molecule has 0 heterocycles. The van der Waals surface area contributed by atoms with E-state index in [0.29, 0.717) is 0 Å². The Labute approximate surface area is 159 Å². The molecule has 1 aliphatic rings. The van der Waals surface area contributed by atoms with Gasteiger partial charge >= 0.3 is 0 Å². The summed E-state index contributed by atoms with van der Waals surface area (Å²) < 4.78 is 14.3. The number of hydrogen-bond acceptors (Lipinski definition) is 3. The summed E-state index contributed by atoms with van der Waals surface area (Å²) >= 11 is 0. The molecule has 0 aliphatic heterocycles. The van der Waals surface area contributed by atoms with E-state index in [4.69, 9.17) is 5.11 Å². The number of halogens is 1. The van der Waals surface area contributed by atoms with Gasteiger partial charge in [-0.15, -0.1) is 0 Å². The molecule has 0 amide bonds. The minimum Gasteiger partial charge on any atom is -0.396 e. The van der Waals surface area contributed by atoms with E-state index in [1.54, 1.807) is 6.08 Å². The molecule has 0 saturated heterocycles. The Morgan fingerprint density at radius 1 is 1.15 bits per heavy atom. The Bertz CT molecular complexity index is 431. The highest BCUT2D eigenvalue weighted by Crippen LogP contribution is 2.39. The summed E-state index contributed by atoms with van der Waals surface area (Å²) in [6.45, 7) is 6.32. The molecule has 3 nitrogen and oxygen atoms in total. The first-order valence-electron chi connectivity index (χ1n) is 10.3. The quantitative estimate of drug-likeness (QED) is 0.348. The molecule has 0 bridgehead atoms. The molecule has 3 N–H and O–H groups in total. The van der Waals surface area contributed by atoms with Gasteiger partial charge in [0.15, 0.2) is 0 Å². The molecule has 1 saturated carbocycles. The van der Waals surface area contributed by atoms with Crippen LogP contribution in [0.5, 0.6) is 0 Å². The molecule has 1 aliphatic carbocycles. The summed E-state index contributed by atoms with van der Waals surface area (Å²) in [6.07, 6.45) is 10.2. The number of rotatable bonds is 12. The van der Waals surface area contributed by atoms with E-state index in [0.717, 1.165) is 44.9 Å². The average molecular weight is 371 g/mol. The van der Waals surface area contributed by atoms with E-state index in [1.165, 1.54) is 5.57 Å². The zero-order valence-corrected chi connectivity index (χ0v) is 16.8. The first-order valence-corrected chi connectivity index (χ1v) is 10.3. The standard InChI is InChI=1S/C22H39FO3/c1-16(2)10-11-17(3)21(25)13-12-19-18(20(23)15-22(19)26)9-7-5-4-6-8-14-24/h10,12-13,17-22,24-26H,4-9,11,14-15H2,1-3H3/b13-12+/t17?,18-,19-,20-,21?,22-/m1/s1. The highest BCUT2D eigenvalue weighted by atomic mass is 19.1. The molecule has 152 valence electrons. The zero-order chi connectivity index (χ0) is 19.5. The van der Waals surface area contributed by atoms with Gasteiger partial charge in [-0.25, -0.2) is 4.39 Å². The van der Waals surface area contributed by atoms with Crippen LogP contribution in [0.3, 0.4) is 0 Å². The van der Waals surface area contributed by atoms with Gasteiger partial charge < -0.3 is 15.3 Å². The molecule has 2 unspecified atom stereocenters. The maximum Gasteiger partial charge on any atom is 0.106 e. The van der Waals surface area contributed by atoms with E-state index >= 15 is 0 Å². The van der Waals surface area contributed by atoms with Crippen LogP contribution < -0.4 is 0 Å². The van der Waals surface area contributed by atoms with Gasteiger partial charge in [0.25, 0.3) is 0 Å². The number of hydrogen-bond donors (Lipinski definition) is 3. The van der Waals surface area contributed by atoms with Crippen molar-refractivity contribution in [1.82, 2.24) is 0 Å². The lowest BCUT2D eigenvalue weighted by Crippen LogP contribution is -2.21. The largest absolute Gasteiger partial charge is 0.396 e. The molecular weight excluding hydrogens is 331 g/mol. The third-order valence-electron chi connectivity index (χ3n) is 5.58. The van der Waals surface area contributed by atoms with Gasteiger partial charge in [0.1, 0.15) is 6.17 Å². The van der Waals surface area contributed by atoms with Crippen LogP contribution in [-0.4, -0.2) is 40.3 Å². The summed E-state index contributed by atoms with van der Waals surface area (Å²) in [5, 5.41) is 29.3. The normalized spacial score (nSPS) is 28.4. The second kappa shape index (κ2) is 12.6. The highest BCUT2D eigenvalue weighted by molar-refractivity contribution is 5.05. The van der Waals surface area contributed by atoms with E-state index in [-0.39, 0.29) is 30.8 Å². The first kappa shape index (κ1) is 23.3. The van der Waals surface area contributed by atoms with Crippen molar-refractivity contribution in [3.8, 4) is 0 Å². The van der Waals surface area contributed by atoms with Crippen molar-refractivity contribution in [3.05, 3.63) is 23.8 Å². The summed E-state index contributed by atoms with van der Waals surface area (Å²) in [5.41, 5.74) is 1.23. The predicted octanol–water partition coefficient (Wildman–Crippen LogP) is 4.56. The SMILES string of the molecule is CC(C)=CCC(C)C(O)/C=C/[C@@H]1[C@@H](CCCCCCCO)[C@H](F)C[C@H]1O. The molecule has 1 rings (SSSR count). The van der Waals surface area contributed by atoms with Gasteiger partial charge in [-0.05, 0) is 44.9 Å². The van der Waals surface area contributed by atoms with Gasteiger partial charge in [-0.3, -0.25) is 0 Å². The minimum atomic E-state index is -0.961. The summed E-state index contributed by atoms with van der Waals surface area (Å²) in [4.78, 5) is 0. The lowest BCUT2D eigenvalue weighted by molar-refractivity contribution is 0.135. The summed E-state index contributed by atoms with van der Waals surface area (Å²) in [5.74, 6) is -0.252. The van der Waals surface area contributed by atoms with Gasteiger partial charge in [0.05, 0.1) is 12.2 Å².